The molecule has 1 aliphatic rings. The quantitative estimate of drug-likeness (QED) is 0.648. The number of amides is 2. The van der Waals surface area contributed by atoms with Crippen LogP contribution in [-0.2, 0) is 9.59 Å². The van der Waals surface area contributed by atoms with Crippen LogP contribution in [0.15, 0.2) is 0 Å². The van der Waals surface area contributed by atoms with Gasteiger partial charge in [-0.3, -0.25) is 14.5 Å². The van der Waals surface area contributed by atoms with Crippen LogP contribution < -0.4 is 0 Å². The highest BCUT2D eigenvalue weighted by Crippen LogP contribution is 2.17. The molecule has 1 fully saturated rings. The Hall–Kier alpha value is -0.860. The first-order valence-corrected chi connectivity index (χ1v) is 6.51. The van der Waals surface area contributed by atoms with Crippen LogP contribution in [0.25, 0.3) is 0 Å². The van der Waals surface area contributed by atoms with E-state index in [0.717, 1.165) is 0 Å². The summed E-state index contributed by atoms with van der Waals surface area (Å²) >= 11 is 0. The lowest BCUT2D eigenvalue weighted by atomic mass is 10.1. The van der Waals surface area contributed by atoms with Crippen LogP contribution in [0.4, 0.5) is 0 Å². The number of carbonyl (C=O) groups excluding carboxylic acids is 2. The van der Waals surface area contributed by atoms with Crippen molar-refractivity contribution >= 4 is 11.8 Å². The second kappa shape index (κ2) is 14.1. The van der Waals surface area contributed by atoms with Crippen LogP contribution >= 0.6 is 0 Å². The fourth-order valence-electron chi connectivity index (χ4n) is 1.18. The van der Waals surface area contributed by atoms with Crippen LogP contribution in [0.3, 0.4) is 0 Å². The van der Waals surface area contributed by atoms with Gasteiger partial charge in [-0.25, -0.2) is 0 Å². The fraction of sp³-hybridized carbons (Fsp3) is 0.846. The van der Waals surface area contributed by atoms with E-state index in [0.29, 0.717) is 13.0 Å². The number of rotatable bonds is 1. The number of nitrogens with zero attached hydrogens (tertiary/aromatic N) is 1. The lowest BCUT2D eigenvalue weighted by molar-refractivity contribution is -0.138. The number of imide groups is 1. The van der Waals surface area contributed by atoms with Gasteiger partial charge in [0.25, 0.3) is 0 Å². The Morgan fingerprint density at radius 1 is 1.06 bits per heavy atom. The van der Waals surface area contributed by atoms with Gasteiger partial charge in [0, 0.05) is 18.9 Å². The zero-order valence-corrected chi connectivity index (χ0v) is 12.3. The zero-order chi connectivity index (χ0) is 13.7. The Labute approximate surface area is 101 Å². The molecule has 0 N–H and O–H groups in total. The molecule has 3 nitrogen and oxygen atoms in total. The molecule has 0 saturated carbocycles. The number of carbonyl (C=O) groups is 2. The largest absolute Gasteiger partial charge is 0.283 e. The molecule has 1 unspecified atom stereocenters. The molecular formula is C13H29NO2. The molecular weight excluding hydrogens is 202 g/mol. The first-order chi connectivity index (χ1) is 7.66. The van der Waals surface area contributed by atoms with E-state index in [2.05, 4.69) is 0 Å². The fourth-order valence-corrected chi connectivity index (χ4v) is 1.18. The molecule has 1 saturated heterocycles. The van der Waals surface area contributed by atoms with Crippen molar-refractivity contribution in [2.24, 2.45) is 5.92 Å². The van der Waals surface area contributed by atoms with Crippen LogP contribution in [0.1, 0.15) is 61.8 Å². The van der Waals surface area contributed by atoms with Crippen molar-refractivity contribution in [3.8, 4) is 0 Å². The van der Waals surface area contributed by atoms with Gasteiger partial charge < -0.3 is 0 Å². The van der Waals surface area contributed by atoms with Gasteiger partial charge in [0.2, 0.25) is 11.8 Å². The van der Waals surface area contributed by atoms with Crippen molar-refractivity contribution in [2.75, 3.05) is 6.54 Å². The maximum absolute atomic E-state index is 11.1. The normalized spacial score (nSPS) is 17.5. The maximum Gasteiger partial charge on any atom is 0.232 e. The van der Waals surface area contributed by atoms with Crippen LogP contribution in [0, 0.1) is 5.92 Å². The van der Waals surface area contributed by atoms with Crippen molar-refractivity contribution in [1.29, 1.82) is 0 Å². The van der Waals surface area contributed by atoms with Gasteiger partial charge in [-0.2, -0.15) is 0 Å². The number of hydrogen-bond acceptors (Lipinski definition) is 2. The Balaban J connectivity index is -0.000000245. The molecule has 0 spiro atoms. The van der Waals surface area contributed by atoms with Crippen molar-refractivity contribution in [3.05, 3.63) is 0 Å². The van der Waals surface area contributed by atoms with Crippen LogP contribution in [0.5, 0.6) is 0 Å². The second-order valence-electron chi connectivity index (χ2n) is 2.58. The van der Waals surface area contributed by atoms with Gasteiger partial charge in [-0.15, -0.1) is 0 Å². The Morgan fingerprint density at radius 2 is 1.44 bits per heavy atom. The molecule has 0 bridgehead atoms. The van der Waals surface area contributed by atoms with Crippen molar-refractivity contribution in [1.82, 2.24) is 4.90 Å². The van der Waals surface area contributed by atoms with E-state index in [4.69, 9.17) is 0 Å². The molecule has 98 valence electrons. The third-order valence-corrected chi connectivity index (χ3v) is 1.79. The summed E-state index contributed by atoms with van der Waals surface area (Å²) in [6, 6.07) is 0. The van der Waals surface area contributed by atoms with E-state index in [-0.39, 0.29) is 17.7 Å². The molecule has 1 heterocycles. The average Bonchev–Trinajstić information content (AvgIpc) is 2.61. The summed E-state index contributed by atoms with van der Waals surface area (Å²) in [7, 11) is 0. The predicted octanol–water partition coefficient (Wildman–Crippen LogP) is 3.48. The number of likely N-dealkylation sites (tertiary alicyclic amines) is 1. The molecule has 1 atom stereocenters. The Bertz CT molecular complexity index is 179. The lowest BCUT2D eigenvalue weighted by Gasteiger charge is -2.09. The molecule has 0 aromatic heterocycles. The van der Waals surface area contributed by atoms with Gasteiger partial charge in [-0.05, 0) is 6.92 Å². The van der Waals surface area contributed by atoms with Crippen molar-refractivity contribution < 1.29 is 9.59 Å². The minimum Gasteiger partial charge on any atom is -0.283 e. The summed E-state index contributed by atoms with van der Waals surface area (Å²) in [6.07, 6.45) is 0.396. The van der Waals surface area contributed by atoms with E-state index in [1.165, 1.54) is 4.90 Å². The van der Waals surface area contributed by atoms with Crippen molar-refractivity contribution in [3.63, 3.8) is 0 Å². The Morgan fingerprint density at radius 3 is 1.56 bits per heavy atom. The van der Waals surface area contributed by atoms with Gasteiger partial charge in [0.15, 0.2) is 0 Å². The third-order valence-electron chi connectivity index (χ3n) is 1.79. The maximum atomic E-state index is 11.1. The van der Waals surface area contributed by atoms with E-state index in [1.54, 1.807) is 6.92 Å². The van der Waals surface area contributed by atoms with Crippen LogP contribution in [-0.4, -0.2) is 23.3 Å². The summed E-state index contributed by atoms with van der Waals surface area (Å²) in [5.41, 5.74) is 0. The summed E-state index contributed by atoms with van der Waals surface area (Å²) in [4.78, 5) is 23.3. The first kappa shape index (κ1) is 20.5. The molecule has 1 rings (SSSR count). The monoisotopic (exact) mass is 231 g/mol. The van der Waals surface area contributed by atoms with Gasteiger partial charge in [0.05, 0.1) is 0 Å². The predicted molar refractivity (Wildman–Crippen MR) is 70.2 cm³/mol. The molecule has 0 aliphatic carbocycles. The van der Waals surface area contributed by atoms with Crippen molar-refractivity contribution in [2.45, 2.75) is 61.8 Å². The van der Waals surface area contributed by atoms with Gasteiger partial charge >= 0.3 is 0 Å². The minimum absolute atomic E-state index is 0.0208. The molecule has 0 radical (unpaired) electrons. The summed E-state index contributed by atoms with van der Waals surface area (Å²) in [6.45, 7) is 16.1. The zero-order valence-electron chi connectivity index (χ0n) is 12.3. The molecule has 1 aliphatic heterocycles. The summed E-state index contributed by atoms with van der Waals surface area (Å²) in [5, 5.41) is 0. The van der Waals surface area contributed by atoms with Gasteiger partial charge in [0.1, 0.15) is 0 Å². The summed E-state index contributed by atoms with van der Waals surface area (Å²) in [5.74, 6) is -0.139. The highest BCUT2D eigenvalue weighted by atomic mass is 16.2. The smallest absolute Gasteiger partial charge is 0.232 e. The molecule has 16 heavy (non-hydrogen) atoms. The van der Waals surface area contributed by atoms with Crippen LogP contribution in [0.2, 0.25) is 0 Å². The molecule has 0 aromatic carbocycles. The standard InChI is InChI=1S/C7H11NO2.3C2H6/c1-3-8-6(9)4-5(2)7(8)10;3*1-2/h5H,3-4H2,1-2H3;3*1-2H3. The van der Waals surface area contributed by atoms with E-state index < -0.39 is 0 Å². The van der Waals surface area contributed by atoms with E-state index >= 15 is 0 Å². The lowest BCUT2D eigenvalue weighted by Crippen LogP contribution is -2.29. The Kier molecular flexibility index (Phi) is 18.2. The molecule has 0 aromatic rings. The topological polar surface area (TPSA) is 37.4 Å². The second-order valence-corrected chi connectivity index (χ2v) is 2.58. The van der Waals surface area contributed by atoms with Gasteiger partial charge in [-0.1, -0.05) is 48.5 Å². The minimum atomic E-state index is -0.0903. The van der Waals surface area contributed by atoms with E-state index in [1.807, 2.05) is 48.5 Å². The summed E-state index contributed by atoms with van der Waals surface area (Å²) < 4.78 is 0. The molecule has 3 heteroatoms. The SMILES string of the molecule is CC.CC.CC.CCN1C(=O)CC(C)C1=O. The highest BCUT2D eigenvalue weighted by molar-refractivity contribution is 6.03. The average molecular weight is 231 g/mol. The highest BCUT2D eigenvalue weighted by Gasteiger charge is 2.33. The first-order valence-electron chi connectivity index (χ1n) is 6.51. The molecule has 2 amide bonds. The third kappa shape index (κ3) is 6.59. The van der Waals surface area contributed by atoms with E-state index in [9.17, 15) is 9.59 Å². The number of hydrogen-bond donors (Lipinski definition) is 0.